The molecule has 4 rings (SSSR count). The van der Waals surface area contributed by atoms with Gasteiger partial charge in [-0.3, -0.25) is 5.01 Å². The largest absolute Gasteiger partial charge is 0.306 e. The number of rotatable bonds is 3. The third-order valence-electron chi connectivity index (χ3n) is 3.74. The second kappa shape index (κ2) is 5.48. The van der Waals surface area contributed by atoms with Gasteiger partial charge >= 0.3 is 0 Å². The molecule has 0 saturated heterocycles. The van der Waals surface area contributed by atoms with E-state index < -0.39 is 0 Å². The van der Waals surface area contributed by atoms with E-state index in [9.17, 15) is 0 Å². The maximum Gasteiger partial charge on any atom is 0.0991 e. The van der Waals surface area contributed by atoms with Gasteiger partial charge in [0.1, 0.15) is 0 Å². The van der Waals surface area contributed by atoms with Crippen molar-refractivity contribution in [3.8, 4) is 16.8 Å². The predicted octanol–water partition coefficient (Wildman–Crippen LogP) is 3.54. The van der Waals surface area contributed by atoms with E-state index in [1.807, 2.05) is 34.1 Å². The number of hydrazone groups is 1. The van der Waals surface area contributed by atoms with Crippen LogP contribution in [0.4, 0.5) is 5.69 Å². The minimum absolute atomic E-state index is 0.941. The van der Waals surface area contributed by atoms with Crippen molar-refractivity contribution in [3.05, 3.63) is 67.3 Å². The highest BCUT2D eigenvalue weighted by molar-refractivity contribution is 5.76. The predicted molar refractivity (Wildman–Crippen MR) is 88.3 cm³/mol. The van der Waals surface area contributed by atoms with Crippen molar-refractivity contribution in [1.29, 1.82) is 0 Å². The molecule has 1 aliphatic rings. The highest BCUT2D eigenvalue weighted by Gasteiger charge is 2.11. The quantitative estimate of drug-likeness (QED) is 0.738. The molecule has 1 radical (unpaired) electrons. The zero-order chi connectivity index (χ0) is 14.8. The second-order valence-electron chi connectivity index (χ2n) is 5.16. The molecular weight excluding hydrogens is 272 g/mol. The first-order valence-electron chi connectivity index (χ1n) is 7.31. The molecule has 4 heteroatoms. The fourth-order valence-electron chi connectivity index (χ4n) is 2.69. The van der Waals surface area contributed by atoms with E-state index >= 15 is 0 Å². The zero-order valence-corrected chi connectivity index (χ0v) is 12.1. The summed E-state index contributed by atoms with van der Waals surface area (Å²) in [6, 6.07) is 17.8. The molecule has 0 unspecified atom stereocenters. The molecule has 2 aromatic carbocycles. The molecule has 0 aliphatic carbocycles. The van der Waals surface area contributed by atoms with Gasteiger partial charge in [0.25, 0.3) is 0 Å². The highest BCUT2D eigenvalue weighted by Crippen LogP contribution is 2.29. The van der Waals surface area contributed by atoms with Gasteiger partial charge in [-0.15, -0.1) is 0 Å². The molecule has 0 N–H and O–H groups in total. The molecule has 0 atom stereocenters. The summed E-state index contributed by atoms with van der Waals surface area (Å²) < 4.78 is 2.01. The number of imidazole rings is 1. The summed E-state index contributed by atoms with van der Waals surface area (Å²) in [5.74, 6) is 0. The van der Waals surface area contributed by atoms with Crippen molar-refractivity contribution in [2.24, 2.45) is 5.10 Å². The van der Waals surface area contributed by atoms with Crippen LogP contribution in [-0.2, 0) is 0 Å². The molecule has 0 bridgehead atoms. The van der Waals surface area contributed by atoms with Crippen LogP contribution in [0.5, 0.6) is 0 Å². The van der Waals surface area contributed by atoms with E-state index in [2.05, 4.69) is 46.5 Å². The van der Waals surface area contributed by atoms with Gasteiger partial charge in [-0.1, -0.05) is 24.3 Å². The lowest BCUT2D eigenvalue weighted by Gasteiger charge is -2.16. The van der Waals surface area contributed by atoms with E-state index in [1.165, 1.54) is 0 Å². The van der Waals surface area contributed by atoms with Crippen molar-refractivity contribution in [3.63, 3.8) is 0 Å². The number of hydrogen-bond donors (Lipinski definition) is 0. The van der Waals surface area contributed by atoms with Crippen LogP contribution < -0.4 is 5.01 Å². The summed E-state index contributed by atoms with van der Waals surface area (Å²) in [7, 11) is 0. The van der Waals surface area contributed by atoms with Gasteiger partial charge < -0.3 is 4.57 Å². The maximum atomic E-state index is 4.40. The van der Waals surface area contributed by atoms with Crippen molar-refractivity contribution >= 4 is 11.9 Å². The number of nitrogens with zero attached hydrogens (tertiary/aromatic N) is 4. The fourth-order valence-corrected chi connectivity index (χ4v) is 2.69. The van der Waals surface area contributed by atoms with Crippen LogP contribution in [0.2, 0.25) is 0 Å². The number of aromatic nitrogens is 2. The number of benzene rings is 2. The molecule has 3 aromatic rings. The fraction of sp³-hybridized carbons (Fsp3) is 0.111. The molecule has 1 aliphatic heterocycles. The van der Waals surface area contributed by atoms with E-state index in [1.54, 1.807) is 12.5 Å². The summed E-state index contributed by atoms with van der Waals surface area (Å²) in [5.41, 5.74) is 4.37. The average molecular weight is 287 g/mol. The van der Waals surface area contributed by atoms with Crippen LogP contribution in [0.3, 0.4) is 0 Å². The number of hydrogen-bond acceptors (Lipinski definition) is 3. The van der Waals surface area contributed by atoms with E-state index in [4.69, 9.17) is 0 Å². The topological polar surface area (TPSA) is 33.4 Å². The molecule has 2 heterocycles. The standard InChI is InChI=1S/C18H15N4/c1-2-8-18(21-12-10-19-14-21)17(7-1)15-5-3-6-16(13-15)22-11-4-9-20-22/h1-3,5-6,8-10,12-14H,4,11H2. The molecule has 0 amide bonds. The van der Waals surface area contributed by atoms with E-state index in [0.29, 0.717) is 0 Å². The van der Waals surface area contributed by atoms with Crippen LogP contribution >= 0.6 is 0 Å². The van der Waals surface area contributed by atoms with Crippen LogP contribution in [0.25, 0.3) is 16.8 Å². The van der Waals surface area contributed by atoms with Gasteiger partial charge in [-0.25, -0.2) is 4.98 Å². The Morgan fingerprint density at radius 3 is 2.95 bits per heavy atom. The zero-order valence-electron chi connectivity index (χ0n) is 12.1. The third kappa shape index (κ3) is 2.29. The summed E-state index contributed by atoms with van der Waals surface area (Å²) in [6.45, 7) is 0.941. The molecule has 22 heavy (non-hydrogen) atoms. The van der Waals surface area contributed by atoms with Crippen LogP contribution in [0, 0.1) is 6.07 Å². The lowest BCUT2D eigenvalue weighted by atomic mass is 10.0. The SMILES string of the molecule is [c]1cccc(-n2ccnc2)c1-c1cccc(N2CCC=N2)c1. The first-order chi connectivity index (χ1) is 10.9. The number of anilines is 1. The van der Waals surface area contributed by atoms with Gasteiger partial charge in [-0.05, 0) is 29.8 Å². The molecule has 0 fully saturated rings. The van der Waals surface area contributed by atoms with Gasteiger partial charge in [0, 0.05) is 37.1 Å². The smallest absolute Gasteiger partial charge is 0.0991 e. The van der Waals surface area contributed by atoms with Gasteiger partial charge in [0.2, 0.25) is 0 Å². The molecule has 0 spiro atoms. The van der Waals surface area contributed by atoms with Crippen LogP contribution in [0.15, 0.2) is 66.3 Å². The average Bonchev–Trinajstić information content (AvgIpc) is 3.28. The summed E-state index contributed by atoms with van der Waals surface area (Å²) >= 11 is 0. The Morgan fingerprint density at radius 2 is 2.14 bits per heavy atom. The monoisotopic (exact) mass is 287 g/mol. The lowest BCUT2D eigenvalue weighted by molar-refractivity contribution is 0.922. The minimum atomic E-state index is 0.941. The molecule has 4 nitrogen and oxygen atoms in total. The maximum absolute atomic E-state index is 4.40. The summed E-state index contributed by atoms with van der Waals surface area (Å²) in [5, 5.41) is 6.43. The second-order valence-corrected chi connectivity index (χ2v) is 5.16. The van der Waals surface area contributed by atoms with E-state index in [-0.39, 0.29) is 0 Å². The lowest BCUT2D eigenvalue weighted by Crippen LogP contribution is -2.11. The first kappa shape index (κ1) is 12.8. The summed E-state index contributed by atoms with van der Waals surface area (Å²) in [6.07, 6.45) is 8.49. The van der Waals surface area contributed by atoms with Crippen molar-refractivity contribution < 1.29 is 0 Å². The minimum Gasteiger partial charge on any atom is -0.306 e. The Balaban J connectivity index is 1.79. The third-order valence-corrected chi connectivity index (χ3v) is 3.74. The summed E-state index contributed by atoms with van der Waals surface area (Å²) in [4.78, 5) is 4.14. The Hall–Kier alpha value is -2.88. The van der Waals surface area contributed by atoms with Crippen molar-refractivity contribution in [1.82, 2.24) is 9.55 Å². The van der Waals surface area contributed by atoms with Gasteiger partial charge in [-0.2, -0.15) is 5.10 Å². The normalized spacial score (nSPS) is 13.7. The van der Waals surface area contributed by atoms with Crippen molar-refractivity contribution in [2.75, 3.05) is 11.6 Å². The van der Waals surface area contributed by atoms with Crippen molar-refractivity contribution in [2.45, 2.75) is 6.42 Å². The molecule has 0 saturated carbocycles. The Labute approximate surface area is 129 Å². The Morgan fingerprint density at radius 1 is 1.14 bits per heavy atom. The Bertz CT molecular complexity index is 805. The van der Waals surface area contributed by atoms with Crippen LogP contribution in [0.1, 0.15) is 6.42 Å². The molecule has 1 aromatic heterocycles. The molecular formula is C18H15N4. The van der Waals surface area contributed by atoms with Gasteiger partial charge in [0.05, 0.1) is 17.7 Å². The highest BCUT2D eigenvalue weighted by atomic mass is 15.5. The van der Waals surface area contributed by atoms with Gasteiger partial charge in [0.15, 0.2) is 0 Å². The van der Waals surface area contributed by atoms with Crippen LogP contribution in [-0.4, -0.2) is 22.3 Å². The van der Waals surface area contributed by atoms with E-state index in [0.717, 1.165) is 35.5 Å². The Kier molecular flexibility index (Phi) is 3.20. The molecule has 107 valence electrons. The first-order valence-corrected chi connectivity index (χ1v) is 7.31.